The molecule has 5 nitrogen and oxygen atoms in total. The molecule has 1 fully saturated rings. The van der Waals surface area contributed by atoms with Gasteiger partial charge in [-0.15, -0.1) is 0 Å². The van der Waals surface area contributed by atoms with E-state index in [-0.39, 0.29) is 18.2 Å². The lowest BCUT2D eigenvalue weighted by atomic mass is 10.0. The van der Waals surface area contributed by atoms with Gasteiger partial charge >= 0.3 is 0 Å². The van der Waals surface area contributed by atoms with Crippen LogP contribution in [0.25, 0.3) is 16.6 Å². The zero-order valence-electron chi connectivity index (χ0n) is 14.2. The summed E-state index contributed by atoms with van der Waals surface area (Å²) in [4.78, 5) is 25.8. The summed E-state index contributed by atoms with van der Waals surface area (Å²) in [6, 6.07) is 15.7. The van der Waals surface area contributed by atoms with E-state index in [4.69, 9.17) is 5.73 Å². The topological polar surface area (TPSA) is 68.3 Å². The van der Waals surface area contributed by atoms with Crippen LogP contribution >= 0.6 is 0 Å². The molecule has 0 radical (unpaired) electrons. The lowest BCUT2D eigenvalue weighted by molar-refractivity contribution is -0.137. The van der Waals surface area contributed by atoms with E-state index in [0.717, 1.165) is 27.8 Å². The number of nitrogen functional groups attached to an aromatic ring is 1. The van der Waals surface area contributed by atoms with Gasteiger partial charge in [-0.25, -0.2) is 0 Å². The number of nitrogens with two attached hydrogens (primary N) is 1. The molecule has 1 atom stereocenters. The number of hydrogen-bond donors (Lipinski definition) is 1. The zero-order chi connectivity index (χ0) is 17.7. The van der Waals surface area contributed by atoms with Crippen molar-refractivity contribution in [2.45, 2.75) is 19.3 Å². The first-order valence-electron chi connectivity index (χ1n) is 8.24. The lowest BCUT2D eigenvalue weighted by Gasteiger charge is -2.16. The van der Waals surface area contributed by atoms with E-state index in [0.29, 0.717) is 5.69 Å². The minimum Gasteiger partial charge on any atom is -0.397 e. The normalized spacial score (nSPS) is 17.7. The average molecular weight is 333 g/mol. The quantitative estimate of drug-likeness (QED) is 0.579. The molecule has 0 bridgehead atoms. The van der Waals surface area contributed by atoms with Crippen molar-refractivity contribution >= 4 is 28.4 Å². The number of benzene rings is 2. The third kappa shape index (κ3) is 2.31. The van der Waals surface area contributed by atoms with Crippen molar-refractivity contribution in [1.29, 1.82) is 0 Å². The molecule has 2 amide bonds. The van der Waals surface area contributed by atoms with Gasteiger partial charge in [0.25, 0.3) is 0 Å². The van der Waals surface area contributed by atoms with Crippen LogP contribution in [0.2, 0.25) is 0 Å². The van der Waals surface area contributed by atoms with Crippen LogP contribution in [0, 0.1) is 6.92 Å². The Morgan fingerprint density at radius 1 is 1.08 bits per heavy atom. The summed E-state index contributed by atoms with van der Waals surface area (Å²) in [6.45, 7) is 2.03. The minimum atomic E-state index is -0.482. The Bertz CT molecular complexity index is 1020. The Balaban J connectivity index is 2.02. The van der Waals surface area contributed by atoms with E-state index < -0.39 is 5.92 Å². The zero-order valence-corrected chi connectivity index (χ0v) is 14.2. The van der Waals surface area contributed by atoms with Crippen molar-refractivity contribution in [2.24, 2.45) is 0 Å². The molecule has 2 aromatic carbocycles. The first kappa shape index (κ1) is 15.4. The Hall–Kier alpha value is -3.08. The van der Waals surface area contributed by atoms with E-state index in [2.05, 4.69) is 6.07 Å². The molecule has 2 N–H and O–H groups in total. The van der Waals surface area contributed by atoms with Crippen LogP contribution < -0.4 is 5.73 Å². The third-order valence-corrected chi connectivity index (χ3v) is 4.90. The number of anilines is 1. The second kappa shape index (κ2) is 5.48. The van der Waals surface area contributed by atoms with E-state index in [9.17, 15) is 9.59 Å². The standard InChI is InChI=1S/C20H19N3O2/c1-12-7-8-13-10-18(14-11-19(24)22(2)20(14)25)23(17(13)9-12)16-6-4-3-5-15(16)21/h3-10,14H,11,21H2,1-2H3. The Kier molecular flexibility index (Phi) is 3.39. The minimum absolute atomic E-state index is 0.149. The van der Waals surface area contributed by atoms with Crippen molar-refractivity contribution in [2.75, 3.05) is 12.8 Å². The predicted octanol–water partition coefficient (Wildman–Crippen LogP) is 2.99. The average Bonchev–Trinajstić information content (AvgIpc) is 3.07. The molecular weight excluding hydrogens is 314 g/mol. The molecule has 0 aliphatic carbocycles. The van der Waals surface area contributed by atoms with Crippen LogP contribution in [-0.4, -0.2) is 28.3 Å². The molecule has 25 heavy (non-hydrogen) atoms. The Morgan fingerprint density at radius 3 is 2.52 bits per heavy atom. The molecule has 2 heterocycles. The van der Waals surface area contributed by atoms with Gasteiger partial charge in [0.15, 0.2) is 0 Å². The monoisotopic (exact) mass is 333 g/mol. The number of carbonyl (C=O) groups is 2. The van der Waals surface area contributed by atoms with Crippen molar-refractivity contribution in [3.8, 4) is 5.69 Å². The second-order valence-electron chi connectivity index (χ2n) is 6.57. The van der Waals surface area contributed by atoms with Crippen molar-refractivity contribution < 1.29 is 9.59 Å². The summed E-state index contributed by atoms with van der Waals surface area (Å²) in [5, 5.41) is 1.03. The van der Waals surface area contributed by atoms with Gasteiger partial charge in [-0.05, 0) is 36.8 Å². The third-order valence-electron chi connectivity index (χ3n) is 4.90. The summed E-state index contributed by atoms with van der Waals surface area (Å²) in [5.41, 5.74) is 10.6. The van der Waals surface area contributed by atoms with Crippen LogP contribution in [0.3, 0.4) is 0 Å². The van der Waals surface area contributed by atoms with Gasteiger partial charge in [0.1, 0.15) is 0 Å². The SMILES string of the molecule is Cc1ccc2cc(C3CC(=O)N(C)C3=O)n(-c3ccccc3N)c2c1. The number of aryl methyl sites for hydroxylation is 1. The van der Waals surface area contributed by atoms with Gasteiger partial charge in [0.05, 0.1) is 22.8 Å². The molecule has 126 valence electrons. The maximum atomic E-state index is 12.6. The fraction of sp³-hybridized carbons (Fsp3) is 0.200. The number of likely N-dealkylation sites (tertiary alicyclic amines) is 1. The maximum absolute atomic E-state index is 12.6. The van der Waals surface area contributed by atoms with E-state index in [1.807, 2.05) is 54.0 Å². The highest BCUT2D eigenvalue weighted by atomic mass is 16.2. The number of amides is 2. The Labute approximate surface area is 145 Å². The molecule has 0 spiro atoms. The van der Waals surface area contributed by atoms with E-state index >= 15 is 0 Å². The Morgan fingerprint density at radius 2 is 1.84 bits per heavy atom. The van der Waals surface area contributed by atoms with Gasteiger partial charge in [-0.2, -0.15) is 0 Å². The number of hydrogen-bond acceptors (Lipinski definition) is 3. The lowest BCUT2D eigenvalue weighted by Crippen LogP contribution is -2.25. The van der Waals surface area contributed by atoms with Crippen molar-refractivity contribution in [3.63, 3.8) is 0 Å². The molecule has 1 aliphatic heterocycles. The maximum Gasteiger partial charge on any atom is 0.238 e. The largest absolute Gasteiger partial charge is 0.397 e. The molecule has 4 rings (SSSR count). The molecular formula is C20H19N3O2. The highest BCUT2D eigenvalue weighted by Crippen LogP contribution is 2.36. The van der Waals surface area contributed by atoms with Gasteiger partial charge in [-0.1, -0.05) is 24.3 Å². The first-order chi connectivity index (χ1) is 12.0. The van der Waals surface area contributed by atoms with Crippen LogP contribution in [0.15, 0.2) is 48.5 Å². The van der Waals surface area contributed by atoms with Gasteiger partial charge in [0, 0.05) is 24.5 Å². The summed E-state index contributed by atoms with van der Waals surface area (Å²) in [5.74, 6) is -0.797. The van der Waals surface area contributed by atoms with Gasteiger partial charge in [0.2, 0.25) is 11.8 Å². The number of aromatic nitrogens is 1. The van der Waals surface area contributed by atoms with Crippen LogP contribution in [0.5, 0.6) is 0 Å². The second-order valence-corrected chi connectivity index (χ2v) is 6.57. The van der Waals surface area contributed by atoms with Crippen LogP contribution in [0.4, 0.5) is 5.69 Å². The number of rotatable bonds is 2. The molecule has 0 saturated carbocycles. The molecule has 3 aromatic rings. The summed E-state index contributed by atoms with van der Waals surface area (Å²) < 4.78 is 2.02. The number of para-hydroxylation sites is 2. The van der Waals surface area contributed by atoms with Gasteiger partial charge < -0.3 is 10.3 Å². The molecule has 1 saturated heterocycles. The number of imide groups is 1. The number of fused-ring (bicyclic) bond motifs is 1. The van der Waals surface area contributed by atoms with E-state index in [1.54, 1.807) is 7.05 Å². The van der Waals surface area contributed by atoms with Crippen molar-refractivity contribution in [1.82, 2.24) is 9.47 Å². The number of nitrogens with zero attached hydrogens (tertiary/aromatic N) is 2. The molecule has 1 aromatic heterocycles. The van der Waals surface area contributed by atoms with Crippen LogP contribution in [-0.2, 0) is 9.59 Å². The van der Waals surface area contributed by atoms with Crippen LogP contribution in [0.1, 0.15) is 23.6 Å². The predicted molar refractivity (Wildman–Crippen MR) is 97.6 cm³/mol. The number of carbonyl (C=O) groups excluding carboxylic acids is 2. The van der Waals surface area contributed by atoms with Gasteiger partial charge in [-0.3, -0.25) is 14.5 Å². The molecule has 1 unspecified atom stereocenters. The summed E-state index contributed by atoms with van der Waals surface area (Å²) in [7, 11) is 1.54. The highest BCUT2D eigenvalue weighted by Gasteiger charge is 2.39. The molecule has 5 heteroatoms. The molecule has 1 aliphatic rings. The van der Waals surface area contributed by atoms with Crippen molar-refractivity contribution in [3.05, 3.63) is 59.8 Å². The summed E-state index contributed by atoms with van der Waals surface area (Å²) >= 11 is 0. The highest BCUT2D eigenvalue weighted by molar-refractivity contribution is 6.06. The number of likely N-dealkylation sites (N-methyl/N-ethyl adjacent to an activating group) is 1. The first-order valence-corrected chi connectivity index (χ1v) is 8.24. The summed E-state index contributed by atoms with van der Waals surface area (Å²) in [6.07, 6.45) is 0.192. The van der Waals surface area contributed by atoms with E-state index in [1.165, 1.54) is 4.90 Å². The smallest absolute Gasteiger partial charge is 0.238 e. The fourth-order valence-electron chi connectivity index (χ4n) is 3.54. The fourth-order valence-corrected chi connectivity index (χ4v) is 3.54.